The predicted molar refractivity (Wildman–Crippen MR) is 57.2 cm³/mol. The number of rotatable bonds is 3. The molecule has 0 saturated heterocycles. The molecule has 0 atom stereocenters. The molecule has 0 aliphatic heterocycles. The highest BCUT2D eigenvalue weighted by Gasteiger charge is 2.20. The van der Waals surface area contributed by atoms with E-state index in [0.717, 1.165) is 6.54 Å². The van der Waals surface area contributed by atoms with Crippen molar-refractivity contribution in [1.82, 2.24) is 14.9 Å². The quantitative estimate of drug-likeness (QED) is 0.796. The molecule has 0 radical (unpaired) electrons. The topological polar surface area (TPSA) is 29.9 Å². The summed E-state index contributed by atoms with van der Waals surface area (Å²) in [6.07, 6.45) is 7.40. The third-order valence-electron chi connectivity index (χ3n) is 3.08. The van der Waals surface area contributed by atoms with Gasteiger partial charge in [0.2, 0.25) is 0 Å². The SMILES string of the molecule is CNCc1ncc(C)n1C1CCCC1. The van der Waals surface area contributed by atoms with Crippen LogP contribution >= 0.6 is 0 Å². The first-order valence-corrected chi connectivity index (χ1v) is 5.50. The van der Waals surface area contributed by atoms with Crippen molar-refractivity contribution in [3.63, 3.8) is 0 Å². The first kappa shape index (κ1) is 9.71. The fourth-order valence-corrected chi connectivity index (χ4v) is 2.45. The van der Waals surface area contributed by atoms with Crippen LogP contribution in [0.25, 0.3) is 0 Å². The van der Waals surface area contributed by atoms with Crippen molar-refractivity contribution in [2.45, 2.75) is 45.2 Å². The van der Waals surface area contributed by atoms with Crippen LogP contribution in [0.5, 0.6) is 0 Å². The van der Waals surface area contributed by atoms with Crippen molar-refractivity contribution < 1.29 is 0 Å². The van der Waals surface area contributed by atoms with Gasteiger partial charge in [0.25, 0.3) is 0 Å². The highest BCUT2D eigenvalue weighted by atomic mass is 15.1. The summed E-state index contributed by atoms with van der Waals surface area (Å²) in [5, 5.41) is 3.18. The third-order valence-corrected chi connectivity index (χ3v) is 3.08. The molecule has 1 aromatic heterocycles. The van der Waals surface area contributed by atoms with Crippen LogP contribution in [-0.4, -0.2) is 16.6 Å². The average molecular weight is 193 g/mol. The largest absolute Gasteiger partial charge is 0.328 e. The predicted octanol–water partition coefficient (Wildman–Crippen LogP) is 2.03. The van der Waals surface area contributed by atoms with Crippen LogP contribution < -0.4 is 5.32 Å². The van der Waals surface area contributed by atoms with Gasteiger partial charge < -0.3 is 9.88 Å². The van der Waals surface area contributed by atoms with Crippen molar-refractivity contribution in [3.05, 3.63) is 17.7 Å². The molecular formula is C11H19N3. The van der Waals surface area contributed by atoms with Crippen LogP contribution in [0.1, 0.15) is 43.2 Å². The van der Waals surface area contributed by atoms with E-state index < -0.39 is 0 Å². The molecule has 1 heterocycles. The van der Waals surface area contributed by atoms with Crippen LogP contribution in [0.4, 0.5) is 0 Å². The van der Waals surface area contributed by atoms with Crippen LogP contribution in [0.2, 0.25) is 0 Å². The molecule has 1 saturated carbocycles. The third kappa shape index (κ3) is 1.69. The van der Waals surface area contributed by atoms with Gasteiger partial charge in [0.1, 0.15) is 5.82 Å². The summed E-state index contributed by atoms with van der Waals surface area (Å²) in [7, 11) is 1.98. The lowest BCUT2D eigenvalue weighted by Crippen LogP contribution is -2.16. The first-order valence-electron chi connectivity index (χ1n) is 5.50. The maximum Gasteiger partial charge on any atom is 0.123 e. The normalized spacial score (nSPS) is 17.9. The van der Waals surface area contributed by atoms with E-state index in [1.807, 2.05) is 13.2 Å². The molecule has 0 bridgehead atoms. The smallest absolute Gasteiger partial charge is 0.123 e. The molecule has 78 valence electrons. The first-order chi connectivity index (χ1) is 6.83. The number of nitrogens with zero attached hydrogens (tertiary/aromatic N) is 2. The molecule has 0 spiro atoms. The highest BCUT2D eigenvalue weighted by molar-refractivity contribution is 5.06. The number of nitrogens with one attached hydrogen (secondary N) is 1. The van der Waals surface area contributed by atoms with Crippen molar-refractivity contribution >= 4 is 0 Å². The Balaban J connectivity index is 2.24. The maximum absolute atomic E-state index is 4.45. The fourth-order valence-electron chi connectivity index (χ4n) is 2.45. The zero-order valence-corrected chi connectivity index (χ0v) is 9.08. The number of aromatic nitrogens is 2. The molecule has 0 amide bonds. The average Bonchev–Trinajstić information content (AvgIpc) is 2.76. The van der Waals surface area contributed by atoms with E-state index in [4.69, 9.17) is 0 Å². The molecule has 3 heteroatoms. The second kappa shape index (κ2) is 4.13. The van der Waals surface area contributed by atoms with Gasteiger partial charge in [0, 0.05) is 17.9 Å². The molecule has 1 aromatic rings. The molecule has 0 aromatic carbocycles. The Hall–Kier alpha value is -0.830. The van der Waals surface area contributed by atoms with Crippen molar-refractivity contribution in [3.8, 4) is 0 Å². The van der Waals surface area contributed by atoms with Crippen LogP contribution in [0, 0.1) is 6.92 Å². The summed E-state index contributed by atoms with van der Waals surface area (Å²) in [6.45, 7) is 3.04. The Kier molecular flexibility index (Phi) is 2.87. The second-order valence-corrected chi connectivity index (χ2v) is 4.15. The van der Waals surface area contributed by atoms with Gasteiger partial charge in [0.05, 0.1) is 6.54 Å². The number of aryl methyl sites for hydroxylation is 1. The Bertz CT molecular complexity index is 297. The summed E-state index contributed by atoms with van der Waals surface area (Å²) in [5.74, 6) is 1.19. The standard InChI is InChI=1S/C11H19N3/c1-9-7-13-11(8-12-2)14(9)10-5-3-4-6-10/h7,10,12H,3-6,8H2,1-2H3. The fraction of sp³-hybridized carbons (Fsp3) is 0.727. The highest BCUT2D eigenvalue weighted by Crippen LogP contribution is 2.31. The van der Waals surface area contributed by atoms with Gasteiger partial charge >= 0.3 is 0 Å². The van der Waals surface area contributed by atoms with Crippen LogP contribution in [0.3, 0.4) is 0 Å². The van der Waals surface area contributed by atoms with Gasteiger partial charge in [-0.05, 0) is 26.8 Å². The molecule has 1 N–H and O–H groups in total. The lowest BCUT2D eigenvalue weighted by atomic mass is 10.2. The molecule has 3 nitrogen and oxygen atoms in total. The van der Waals surface area contributed by atoms with Crippen molar-refractivity contribution in [2.75, 3.05) is 7.05 Å². The van der Waals surface area contributed by atoms with Gasteiger partial charge in [-0.1, -0.05) is 12.8 Å². The summed E-state index contributed by atoms with van der Waals surface area (Å²) >= 11 is 0. The van der Waals surface area contributed by atoms with Crippen molar-refractivity contribution in [1.29, 1.82) is 0 Å². The summed E-state index contributed by atoms with van der Waals surface area (Å²) in [4.78, 5) is 4.45. The zero-order chi connectivity index (χ0) is 9.97. The minimum absolute atomic E-state index is 0.709. The Morgan fingerprint density at radius 3 is 2.86 bits per heavy atom. The van der Waals surface area contributed by atoms with Gasteiger partial charge in [0.15, 0.2) is 0 Å². The minimum Gasteiger partial charge on any atom is -0.328 e. The summed E-state index contributed by atoms with van der Waals surface area (Å²) < 4.78 is 2.42. The molecule has 1 fully saturated rings. The van der Waals surface area contributed by atoms with E-state index in [2.05, 4.69) is 21.8 Å². The van der Waals surface area contributed by atoms with E-state index in [-0.39, 0.29) is 0 Å². The summed E-state index contributed by atoms with van der Waals surface area (Å²) in [6, 6.07) is 0.709. The number of hydrogen-bond donors (Lipinski definition) is 1. The van der Waals surface area contributed by atoms with E-state index >= 15 is 0 Å². The lowest BCUT2D eigenvalue weighted by Gasteiger charge is -2.16. The molecule has 2 rings (SSSR count). The van der Waals surface area contributed by atoms with Gasteiger partial charge in [-0.15, -0.1) is 0 Å². The van der Waals surface area contributed by atoms with Gasteiger partial charge in [-0.3, -0.25) is 0 Å². The molecule has 1 aliphatic rings. The van der Waals surface area contributed by atoms with Crippen molar-refractivity contribution in [2.24, 2.45) is 0 Å². The monoisotopic (exact) mass is 193 g/mol. The molecule has 1 aliphatic carbocycles. The summed E-state index contributed by atoms with van der Waals surface area (Å²) in [5.41, 5.74) is 1.31. The lowest BCUT2D eigenvalue weighted by molar-refractivity contribution is 0.481. The zero-order valence-electron chi connectivity index (χ0n) is 9.08. The van der Waals surface area contributed by atoms with Crippen LogP contribution in [-0.2, 0) is 6.54 Å². The van der Waals surface area contributed by atoms with Crippen LogP contribution in [0.15, 0.2) is 6.20 Å². The molecular weight excluding hydrogens is 174 g/mol. The minimum atomic E-state index is 0.709. The number of hydrogen-bond acceptors (Lipinski definition) is 2. The molecule has 0 unspecified atom stereocenters. The Labute approximate surface area is 85.5 Å². The van der Waals surface area contributed by atoms with Gasteiger partial charge in [-0.25, -0.2) is 4.98 Å². The molecule has 14 heavy (non-hydrogen) atoms. The maximum atomic E-state index is 4.45. The Morgan fingerprint density at radius 2 is 2.21 bits per heavy atom. The van der Waals surface area contributed by atoms with E-state index in [0.29, 0.717) is 6.04 Å². The van der Waals surface area contributed by atoms with E-state index in [1.54, 1.807) is 0 Å². The van der Waals surface area contributed by atoms with Gasteiger partial charge in [-0.2, -0.15) is 0 Å². The van der Waals surface area contributed by atoms with E-state index in [9.17, 15) is 0 Å². The Morgan fingerprint density at radius 1 is 1.50 bits per heavy atom. The second-order valence-electron chi connectivity index (χ2n) is 4.15. The number of imidazole rings is 1. The van der Waals surface area contributed by atoms with E-state index in [1.165, 1.54) is 37.2 Å².